The third kappa shape index (κ3) is 3.06. The van der Waals surface area contributed by atoms with E-state index in [-0.39, 0.29) is 12.4 Å². The molecule has 2 nitrogen and oxygen atoms in total. The van der Waals surface area contributed by atoms with Crippen molar-refractivity contribution >= 4 is 23.7 Å². The van der Waals surface area contributed by atoms with Crippen molar-refractivity contribution in [1.29, 1.82) is 0 Å². The maximum absolute atomic E-state index is 5.64. The number of nitrogens with two attached hydrogens (primary N) is 1. The maximum Gasteiger partial charge on any atom is 0.123 e. The standard InChI is InChI=1S/C13H16N2S.ClH/c1-3-12-9(2)16-13(15-12)11-6-4-5-10(7-11)8-14;/h4-7H,3,8,14H2,1-2H3;1H. The van der Waals surface area contributed by atoms with Crippen LogP contribution in [0.5, 0.6) is 0 Å². The zero-order valence-electron chi connectivity index (χ0n) is 10.1. The first-order valence-corrected chi connectivity index (χ1v) is 6.32. The number of hydrogen-bond donors (Lipinski definition) is 1. The molecule has 0 aliphatic heterocycles. The number of halogens is 1. The Bertz CT molecular complexity index is 494. The summed E-state index contributed by atoms with van der Waals surface area (Å²) >= 11 is 1.76. The molecule has 2 N–H and O–H groups in total. The summed E-state index contributed by atoms with van der Waals surface area (Å²) in [6.07, 6.45) is 0.999. The van der Waals surface area contributed by atoms with Crippen LogP contribution < -0.4 is 5.73 Å². The van der Waals surface area contributed by atoms with Gasteiger partial charge in [-0.05, 0) is 25.0 Å². The SMILES string of the molecule is CCc1nc(-c2cccc(CN)c2)sc1C.Cl. The minimum absolute atomic E-state index is 0. The number of thiazole rings is 1. The van der Waals surface area contributed by atoms with Gasteiger partial charge in [0.1, 0.15) is 5.01 Å². The highest BCUT2D eigenvalue weighted by Gasteiger charge is 2.07. The van der Waals surface area contributed by atoms with Gasteiger partial charge in [-0.1, -0.05) is 25.1 Å². The van der Waals surface area contributed by atoms with Crippen LogP contribution in [0, 0.1) is 6.92 Å². The molecular formula is C13H17ClN2S. The van der Waals surface area contributed by atoms with Gasteiger partial charge in [0.15, 0.2) is 0 Å². The third-order valence-corrected chi connectivity index (χ3v) is 3.70. The quantitative estimate of drug-likeness (QED) is 0.924. The van der Waals surface area contributed by atoms with Crippen molar-refractivity contribution in [3.63, 3.8) is 0 Å². The van der Waals surface area contributed by atoms with Crippen LogP contribution >= 0.6 is 23.7 Å². The van der Waals surface area contributed by atoms with Crippen LogP contribution in [0.2, 0.25) is 0 Å². The lowest BCUT2D eigenvalue weighted by Crippen LogP contribution is -1.95. The van der Waals surface area contributed by atoms with Crippen molar-refractivity contribution in [1.82, 2.24) is 4.98 Å². The van der Waals surface area contributed by atoms with Crippen LogP contribution in [0.15, 0.2) is 24.3 Å². The van der Waals surface area contributed by atoms with Gasteiger partial charge >= 0.3 is 0 Å². The Morgan fingerprint density at radius 3 is 2.71 bits per heavy atom. The molecule has 0 bridgehead atoms. The van der Waals surface area contributed by atoms with Crippen molar-refractivity contribution in [2.45, 2.75) is 26.8 Å². The van der Waals surface area contributed by atoms with E-state index in [0.717, 1.165) is 17.0 Å². The molecule has 17 heavy (non-hydrogen) atoms. The smallest absolute Gasteiger partial charge is 0.123 e. The molecule has 0 radical (unpaired) electrons. The largest absolute Gasteiger partial charge is 0.326 e. The molecule has 1 heterocycles. The van der Waals surface area contributed by atoms with Crippen LogP contribution in [0.3, 0.4) is 0 Å². The predicted octanol–water partition coefficient (Wildman–Crippen LogP) is 3.56. The number of aryl methyl sites for hydroxylation is 2. The zero-order chi connectivity index (χ0) is 11.5. The molecule has 4 heteroatoms. The summed E-state index contributed by atoms with van der Waals surface area (Å²) in [6.45, 7) is 4.85. The zero-order valence-corrected chi connectivity index (χ0v) is 11.7. The number of aromatic nitrogens is 1. The predicted molar refractivity (Wildman–Crippen MR) is 76.8 cm³/mol. The van der Waals surface area contributed by atoms with E-state index in [1.165, 1.54) is 16.1 Å². The molecule has 2 aromatic rings. The fourth-order valence-corrected chi connectivity index (χ4v) is 2.71. The van der Waals surface area contributed by atoms with Crippen LogP contribution in [0.25, 0.3) is 10.6 Å². The lowest BCUT2D eigenvalue weighted by molar-refractivity contribution is 1.04. The van der Waals surface area contributed by atoms with Crippen molar-refractivity contribution in [2.75, 3.05) is 0 Å². The molecule has 0 amide bonds. The second kappa shape index (κ2) is 6.15. The minimum atomic E-state index is 0. The highest BCUT2D eigenvalue weighted by molar-refractivity contribution is 7.15. The molecule has 1 aromatic heterocycles. The first kappa shape index (κ1) is 14.2. The fraction of sp³-hybridized carbons (Fsp3) is 0.308. The second-order valence-corrected chi connectivity index (χ2v) is 4.98. The summed E-state index contributed by atoms with van der Waals surface area (Å²) in [5, 5.41) is 1.10. The first-order valence-electron chi connectivity index (χ1n) is 5.50. The second-order valence-electron chi connectivity index (χ2n) is 3.78. The van der Waals surface area contributed by atoms with Gasteiger partial charge in [-0.2, -0.15) is 0 Å². The highest BCUT2D eigenvalue weighted by Crippen LogP contribution is 2.28. The molecule has 1 aromatic carbocycles. The van der Waals surface area contributed by atoms with E-state index in [1.807, 2.05) is 12.1 Å². The molecule has 0 saturated heterocycles. The number of hydrogen-bond acceptors (Lipinski definition) is 3. The van der Waals surface area contributed by atoms with E-state index >= 15 is 0 Å². The molecule has 0 spiro atoms. The Morgan fingerprint density at radius 2 is 2.12 bits per heavy atom. The molecule has 0 aliphatic rings. The molecule has 0 fully saturated rings. The number of nitrogens with zero attached hydrogens (tertiary/aromatic N) is 1. The van der Waals surface area contributed by atoms with Gasteiger partial charge < -0.3 is 5.73 Å². The van der Waals surface area contributed by atoms with Gasteiger partial charge in [-0.15, -0.1) is 23.7 Å². The maximum atomic E-state index is 5.64. The summed E-state index contributed by atoms with van der Waals surface area (Å²) in [5.74, 6) is 0. The van der Waals surface area contributed by atoms with Gasteiger partial charge in [-0.3, -0.25) is 0 Å². The molecule has 0 atom stereocenters. The van der Waals surface area contributed by atoms with Crippen molar-refractivity contribution in [2.24, 2.45) is 5.73 Å². The van der Waals surface area contributed by atoms with E-state index in [9.17, 15) is 0 Å². The van der Waals surface area contributed by atoms with Gasteiger partial charge in [-0.25, -0.2) is 4.98 Å². The summed E-state index contributed by atoms with van der Waals surface area (Å²) in [6, 6.07) is 8.30. The van der Waals surface area contributed by atoms with Crippen LogP contribution in [0.4, 0.5) is 0 Å². The lowest BCUT2D eigenvalue weighted by Gasteiger charge is -1.99. The Balaban J connectivity index is 0.00000144. The molecule has 0 aliphatic carbocycles. The molecular weight excluding hydrogens is 252 g/mol. The van der Waals surface area contributed by atoms with E-state index < -0.39 is 0 Å². The average molecular weight is 269 g/mol. The van der Waals surface area contributed by atoms with Gasteiger partial charge in [0.05, 0.1) is 5.69 Å². The van der Waals surface area contributed by atoms with Crippen molar-refractivity contribution in [3.8, 4) is 10.6 Å². The molecule has 92 valence electrons. The summed E-state index contributed by atoms with van der Waals surface area (Å²) in [4.78, 5) is 5.97. The Labute approximate surface area is 112 Å². The Kier molecular flexibility index (Phi) is 5.12. The molecule has 0 saturated carbocycles. The van der Waals surface area contributed by atoms with Crippen molar-refractivity contribution < 1.29 is 0 Å². The lowest BCUT2D eigenvalue weighted by atomic mass is 10.1. The highest BCUT2D eigenvalue weighted by atomic mass is 35.5. The first-order chi connectivity index (χ1) is 7.74. The van der Waals surface area contributed by atoms with Crippen molar-refractivity contribution in [3.05, 3.63) is 40.4 Å². The number of rotatable bonds is 3. The number of benzene rings is 1. The van der Waals surface area contributed by atoms with Gasteiger partial charge in [0.2, 0.25) is 0 Å². The van der Waals surface area contributed by atoms with E-state index in [1.54, 1.807) is 11.3 Å². The molecule has 0 unspecified atom stereocenters. The van der Waals surface area contributed by atoms with E-state index in [4.69, 9.17) is 5.73 Å². The summed E-state index contributed by atoms with van der Waals surface area (Å²) < 4.78 is 0. The van der Waals surface area contributed by atoms with Gasteiger partial charge in [0, 0.05) is 17.0 Å². The summed E-state index contributed by atoms with van der Waals surface area (Å²) in [7, 11) is 0. The normalized spacial score (nSPS) is 10.1. The van der Waals surface area contributed by atoms with E-state index in [0.29, 0.717) is 6.54 Å². The fourth-order valence-electron chi connectivity index (χ4n) is 1.71. The Hall–Kier alpha value is -0.900. The average Bonchev–Trinajstić information content (AvgIpc) is 2.71. The molecule has 2 rings (SSSR count). The van der Waals surface area contributed by atoms with Crippen LogP contribution in [-0.4, -0.2) is 4.98 Å². The monoisotopic (exact) mass is 268 g/mol. The van der Waals surface area contributed by atoms with Gasteiger partial charge in [0.25, 0.3) is 0 Å². The summed E-state index contributed by atoms with van der Waals surface area (Å²) in [5.41, 5.74) is 9.18. The third-order valence-electron chi connectivity index (χ3n) is 2.64. The van der Waals surface area contributed by atoms with Crippen LogP contribution in [-0.2, 0) is 13.0 Å². The minimum Gasteiger partial charge on any atom is -0.326 e. The topological polar surface area (TPSA) is 38.9 Å². The van der Waals surface area contributed by atoms with Crippen LogP contribution in [0.1, 0.15) is 23.1 Å². The van der Waals surface area contributed by atoms with E-state index in [2.05, 4.69) is 31.0 Å². The Morgan fingerprint density at radius 1 is 1.35 bits per heavy atom.